The summed E-state index contributed by atoms with van der Waals surface area (Å²) in [6.45, 7) is 11.6. The number of ether oxygens (including phenoxy) is 6. The van der Waals surface area contributed by atoms with E-state index in [1.165, 1.54) is 42.7 Å². The molecule has 0 fully saturated rings. The molecule has 66 heavy (non-hydrogen) atoms. The first-order chi connectivity index (χ1) is 31.6. The fourth-order valence-corrected chi connectivity index (χ4v) is 17.3. The summed E-state index contributed by atoms with van der Waals surface area (Å²) in [6.07, 6.45) is 0. The molecule has 0 aliphatic carbocycles. The summed E-state index contributed by atoms with van der Waals surface area (Å²) in [5.74, 6) is 3.03. The normalized spacial score (nSPS) is 16.6. The summed E-state index contributed by atoms with van der Waals surface area (Å²) in [4.78, 5) is 7.03. The van der Waals surface area contributed by atoms with Gasteiger partial charge in [-0.15, -0.1) is 0 Å². The summed E-state index contributed by atoms with van der Waals surface area (Å²) >= 11 is 0. The number of hydrogen-bond acceptors (Lipinski definition) is 15. The molecule has 350 valence electrons. The van der Waals surface area contributed by atoms with Crippen LogP contribution in [-0.2, 0) is 0 Å². The predicted octanol–water partition coefficient (Wildman–Crippen LogP) is 12.9. The van der Waals surface area contributed by atoms with Gasteiger partial charge in [0.2, 0.25) is 0 Å². The molecule has 0 saturated carbocycles. The zero-order valence-corrected chi connectivity index (χ0v) is 41.8. The van der Waals surface area contributed by atoms with Gasteiger partial charge in [0.05, 0.1) is 0 Å². The van der Waals surface area contributed by atoms with Gasteiger partial charge >= 0.3 is 389 Å². The Kier molecular flexibility index (Phi) is 13.7. The molecule has 1 aliphatic rings. The second-order valence-corrected chi connectivity index (χ2v) is 22.7. The Bertz CT molecular complexity index is 2520. The standard InChI is InChI=1S/C48H56N3O12P3/c1-31-13-19-37(43(25-31)52-7)58-65(59-38-20-14-32(2)26-44(38)53-8,60-39-21-15-33(3)27-45(39)54-9)49-64-50-66(51-65,61-40-22-16-34(4)28-46(40)55-10,62-41-23-17-35(5)29-47(41)56-11)63-42-24-18-36(6)30-48(42)57-12/h13-30,51H,1-12H3,(H,49,50). The van der Waals surface area contributed by atoms with Crippen molar-refractivity contribution >= 4 is 23.7 Å². The van der Waals surface area contributed by atoms with E-state index in [4.69, 9.17) is 60.1 Å². The molecule has 7 rings (SSSR count). The molecule has 0 spiro atoms. The van der Waals surface area contributed by atoms with E-state index in [1.807, 2.05) is 114 Å². The molecule has 0 unspecified atom stereocenters. The quantitative estimate of drug-likeness (QED) is 0.0787. The molecule has 2 N–H and O–H groups in total. The molecular weight excluding hydrogens is 903 g/mol. The molecule has 6 aromatic carbocycles. The average molecular weight is 960 g/mol. The molecule has 6 aromatic rings. The van der Waals surface area contributed by atoms with Crippen molar-refractivity contribution in [2.75, 3.05) is 42.7 Å². The van der Waals surface area contributed by atoms with Gasteiger partial charge in [-0.05, 0) is 0 Å². The van der Waals surface area contributed by atoms with Gasteiger partial charge in [-0.3, -0.25) is 0 Å². The minimum atomic E-state index is -5.87. The van der Waals surface area contributed by atoms with E-state index in [0.717, 1.165) is 33.4 Å². The van der Waals surface area contributed by atoms with E-state index in [1.54, 1.807) is 36.4 Å². The molecular formula is C48H56N3O12P3. The van der Waals surface area contributed by atoms with Crippen molar-refractivity contribution < 1.29 is 55.6 Å². The molecule has 0 radical (unpaired) electrons. The van der Waals surface area contributed by atoms with Gasteiger partial charge in [-0.25, -0.2) is 0 Å². The van der Waals surface area contributed by atoms with E-state index in [2.05, 4.69) is 9.72 Å². The second-order valence-electron chi connectivity index (χ2n) is 15.6. The molecule has 18 heteroatoms. The molecule has 15 nitrogen and oxygen atoms in total. The zero-order valence-electron chi connectivity index (χ0n) is 39.1. The molecule has 0 bridgehead atoms. The van der Waals surface area contributed by atoms with Gasteiger partial charge in [0.25, 0.3) is 0 Å². The van der Waals surface area contributed by atoms with Crippen LogP contribution in [0.25, 0.3) is 0 Å². The third-order valence-corrected chi connectivity index (χ3v) is 19.4. The number of benzene rings is 6. The SMILES string of the molecule is COc1cc(C)ccc1OP1(Oc2ccc(C)cc2OC)(Oc2ccc(C)cc2OC)N=PNP(Oc2ccc(C)cc2OC)(Oc2ccc(C)cc2OC)(Oc2ccc(C)cc2OC)N1. The van der Waals surface area contributed by atoms with Crippen LogP contribution in [0, 0.1) is 41.5 Å². The van der Waals surface area contributed by atoms with Crippen molar-refractivity contribution in [1.82, 2.24) is 9.72 Å². The van der Waals surface area contributed by atoms with Crippen molar-refractivity contribution in [3.8, 4) is 69.0 Å². The Labute approximate surface area is 388 Å². The van der Waals surface area contributed by atoms with E-state index in [9.17, 15) is 0 Å². The van der Waals surface area contributed by atoms with Crippen LogP contribution in [0.1, 0.15) is 33.4 Å². The third-order valence-electron chi connectivity index (χ3n) is 10.2. The summed E-state index contributed by atoms with van der Waals surface area (Å²) in [6, 6.07) is 32.5. The van der Waals surface area contributed by atoms with Crippen molar-refractivity contribution in [2.24, 2.45) is 4.52 Å². The predicted molar refractivity (Wildman–Crippen MR) is 260 cm³/mol. The van der Waals surface area contributed by atoms with E-state index in [0.29, 0.717) is 34.5 Å². The van der Waals surface area contributed by atoms with Crippen LogP contribution in [0.5, 0.6) is 69.0 Å². The molecule has 0 amide bonds. The van der Waals surface area contributed by atoms with Crippen LogP contribution in [0.15, 0.2) is 114 Å². The number of hydrogen-bond donors (Lipinski definition) is 2. The summed E-state index contributed by atoms with van der Waals surface area (Å²) in [7, 11) is -2.41. The van der Waals surface area contributed by atoms with E-state index >= 15 is 0 Å². The Balaban J connectivity index is 1.68. The van der Waals surface area contributed by atoms with Crippen LogP contribution < -0.4 is 65.3 Å². The van der Waals surface area contributed by atoms with Gasteiger partial charge < -0.3 is 0 Å². The Hall–Kier alpha value is -6.20. The minimum absolute atomic E-state index is 0.00818. The van der Waals surface area contributed by atoms with Crippen LogP contribution in [0.4, 0.5) is 0 Å². The third kappa shape index (κ3) is 9.82. The van der Waals surface area contributed by atoms with Crippen molar-refractivity contribution in [3.05, 3.63) is 143 Å². The van der Waals surface area contributed by atoms with Gasteiger partial charge in [0.15, 0.2) is 0 Å². The molecule has 0 aromatic heterocycles. The van der Waals surface area contributed by atoms with E-state index < -0.39 is 15.2 Å². The first kappa shape index (κ1) is 47.8. The van der Waals surface area contributed by atoms with Gasteiger partial charge in [-0.1, -0.05) is 0 Å². The number of nitrogens with one attached hydrogen (secondary N) is 2. The van der Waals surface area contributed by atoms with Gasteiger partial charge in [0.1, 0.15) is 0 Å². The van der Waals surface area contributed by atoms with Crippen molar-refractivity contribution in [3.63, 3.8) is 0 Å². The first-order valence-corrected chi connectivity index (χ1v) is 25.5. The molecule has 1 heterocycles. The molecule has 1 aliphatic heterocycles. The number of rotatable bonds is 18. The first-order valence-electron chi connectivity index (χ1n) is 20.7. The fourth-order valence-electron chi connectivity index (χ4n) is 7.01. The van der Waals surface area contributed by atoms with Crippen LogP contribution in [0.2, 0.25) is 0 Å². The van der Waals surface area contributed by atoms with Crippen LogP contribution >= 0.6 is 23.7 Å². The summed E-state index contributed by atoms with van der Waals surface area (Å²) in [5.41, 5.74) is 5.33. The second kappa shape index (κ2) is 19.0. The molecule has 0 atom stereocenters. The van der Waals surface area contributed by atoms with Gasteiger partial charge in [0, 0.05) is 0 Å². The topological polar surface area (TPSA) is 147 Å². The number of methoxy groups -OCH3 is 6. The number of nitrogens with zero attached hydrogens (tertiary/aromatic N) is 1. The van der Waals surface area contributed by atoms with E-state index in [-0.39, 0.29) is 43.0 Å². The Morgan fingerprint density at radius 1 is 0.333 bits per heavy atom. The van der Waals surface area contributed by atoms with Crippen molar-refractivity contribution in [2.45, 2.75) is 41.5 Å². The van der Waals surface area contributed by atoms with Crippen LogP contribution in [-0.4, -0.2) is 42.7 Å². The number of aryl methyl sites for hydroxylation is 6. The fraction of sp³-hybridized carbons (Fsp3) is 0.250. The summed E-state index contributed by atoms with van der Waals surface area (Å²) in [5, 5.41) is 0. The maximum atomic E-state index is 7.46. The summed E-state index contributed by atoms with van der Waals surface area (Å²) < 4.78 is 85.8. The molecule has 0 saturated heterocycles. The monoisotopic (exact) mass is 959 g/mol. The van der Waals surface area contributed by atoms with Gasteiger partial charge in [-0.2, -0.15) is 0 Å². The average Bonchev–Trinajstić information content (AvgIpc) is 3.30. The zero-order chi connectivity index (χ0) is 47.3. The van der Waals surface area contributed by atoms with Crippen LogP contribution in [0.3, 0.4) is 0 Å². The maximum absolute atomic E-state index is 7.46. The van der Waals surface area contributed by atoms with Crippen molar-refractivity contribution in [1.29, 1.82) is 0 Å². The Morgan fingerprint density at radius 2 is 0.561 bits per heavy atom. The Morgan fingerprint density at radius 3 is 0.788 bits per heavy atom.